The molecule has 0 bridgehead atoms. The van der Waals surface area contributed by atoms with E-state index in [9.17, 15) is 9.59 Å². The number of piperidine rings is 2. The molecular formula is C57H106N2O12. The van der Waals surface area contributed by atoms with Gasteiger partial charge in [0, 0.05) is 54.3 Å². The lowest BCUT2D eigenvalue weighted by molar-refractivity contribution is -0.384. The van der Waals surface area contributed by atoms with Crippen LogP contribution >= 0.6 is 0 Å². The van der Waals surface area contributed by atoms with Crippen LogP contribution in [0.2, 0.25) is 0 Å². The normalized spacial score (nSPS) is 22.8. The summed E-state index contributed by atoms with van der Waals surface area (Å²) in [7, 11) is 0. The van der Waals surface area contributed by atoms with Crippen molar-refractivity contribution in [3.05, 3.63) is 0 Å². The maximum atomic E-state index is 12.7. The molecule has 2 spiro atoms. The summed E-state index contributed by atoms with van der Waals surface area (Å²) in [6.07, 6.45) is 25.9. The van der Waals surface area contributed by atoms with Crippen LogP contribution in [0, 0.1) is 10.8 Å². The molecule has 0 aromatic rings. The van der Waals surface area contributed by atoms with E-state index in [1.165, 1.54) is 103 Å². The number of nitrogens with zero attached hydrogens (tertiary/aromatic N) is 2. The summed E-state index contributed by atoms with van der Waals surface area (Å²) in [6, 6.07) is 0. The number of hydroxylamine groups is 4. The number of carbonyl (C=O) groups excluding carboxylic acids is 2. The van der Waals surface area contributed by atoms with Crippen LogP contribution in [-0.4, -0.2) is 122 Å². The monoisotopic (exact) mass is 1010 g/mol. The van der Waals surface area contributed by atoms with Gasteiger partial charge >= 0.3 is 12.3 Å². The second kappa shape index (κ2) is 28.9. The molecule has 4 aliphatic heterocycles. The minimum Gasteiger partial charge on any atom is -0.434 e. The van der Waals surface area contributed by atoms with Crippen LogP contribution in [-0.2, 0) is 47.6 Å². The van der Waals surface area contributed by atoms with Crippen molar-refractivity contribution in [3.8, 4) is 0 Å². The Morgan fingerprint density at radius 2 is 0.662 bits per heavy atom. The van der Waals surface area contributed by atoms with Gasteiger partial charge in [-0.1, -0.05) is 130 Å². The maximum Gasteiger partial charge on any atom is 0.508 e. The third-order valence-electron chi connectivity index (χ3n) is 15.7. The molecule has 4 heterocycles. The van der Waals surface area contributed by atoms with Crippen molar-refractivity contribution in [1.29, 1.82) is 0 Å². The first-order chi connectivity index (χ1) is 33.7. The fraction of sp³-hybridized carbons (Fsp3) is 0.965. The van der Waals surface area contributed by atoms with Crippen molar-refractivity contribution in [2.24, 2.45) is 10.8 Å². The highest BCUT2D eigenvalue weighted by molar-refractivity contribution is 5.60. The zero-order valence-corrected chi connectivity index (χ0v) is 47.5. The second-order valence-corrected chi connectivity index (χ2v) is 24.7. The molecule has 0 aliphatic carbocycles. The van der Waals surface area contributed by atoms with Crippen molar-refractivity contribution in [3.63, 3.8) is 0 Å². The fourth-order valence-corrected chi connectivity index (χ4v) is 11.9. The van der Waals surface area contributed by atoms with Gasteiger partial charge in [0.25, 0.3) is 0 Å². The molecule has 4 fully saturated rings. The predicted molar refractivity (Wildman–Crippen MR) is 279 cm³/mol. The van der Waals surface area contributed by atoms with E-state index in [1.807, 2.05) is 0 Å². The van der Waals surface area contributed by atoms with E-state index >= 15 is 0 Å². The number of carbonyl (C=O) groups is 2. The third kappa shape index (κ3) is 19.4. The number of hydrogen-bond acceptors (Lipinski definition) is 14. The smallest absolute Gasteiger partial charge is 0.434 e. The van der Waals surface area contributed by atoms with Gasteiger partial charge in [-0.05, 0) is 81.1 Å². The van der Waals surface area contributed by atoms with Crippen LogP contribution in [0.4, 0.5) is 9.59 Å². The molecule has 4 aliphatic rings. The van der Waals surface area contributed by atoms with Crippen LogP contribution in [0.15, 0.2) is 0 Å². The van der Waals surface area contributed by atoms with Crippen molar-refractivity contribution in [1.82, 2.24) is 10.1 Å². The summed E-state index contributed by atoms with van der Waals surface area (Å²) in [5.74, 6) is -1.50. The third-order valence-corrected chi connectivity index (χ3v) is 15.7. The van der Waals surface area contributed by atoms with Gasteiger partial charge < -0.3 is 37.9 Å². The van der Waals surface area contributed by atoms with Gasteiger partial charge in [-0.2, -0.15) is 10.1 Å². The topological polar surface area (TPSA) is 133 Å². The number of ether oxygens (including phenoxy) is 8. The summed E-state index contributed by atoms with van der Waals surface area (Å²) < 4.78 is 48.5. The number of rotatable bonds is 32. The van der Waals surface area contributed by atoms with Crippen LogP contribution in [0.3, 0.4) is 0 Å². The lowest BCUT2D eigenvalue weighted by Crippen LogP contribution is -2.68. The van der Waals surface area contributed by atoms with Crippen LogP contribution < -0.4 is 0 Å². The maximum absolute atomic E-state index is 12.7. The van der Waals surface area contributed by atoms with Gasteiger partial charge in [-0.25, -0.2) is 9.59 Å². The highest BCUT2D eigenvalue weighted by Crippen LogP contribution is 2.51. The Morgan fingerprint density at radius 3 is 0.944 bits per heavy atom. The zero-order valence-electron chi connectivity index (χ0n) is 47.5. The van der Waals surface area contributed by atoms with Crippen molar-refractivity contribution in [2.45, 2.75) is 277 Å². The van der Waals surface area contributed by atoms with E-state index in [0.717, 1.165) is 12.8 Å². The molecule has 0 N–H and O–H groups in total. The van der Waals surface area contributed by atoms with Gasteiger partial charge in [0.15, 0.2) is 11.6 Å². The largest absolute Gasteiger partial charge is 0.508 e. The molecule has 14 heteroatoms. The van der Waals surface area contributed by atoms with Crippen molar-refractivity contribution >= 4 is 12.3 Å². The SMILES string of the molecule is CCCCCCCCCCCON1C(C)(C)CC2(CC1(C)C)OCC(CC)(COC(=O)OCCCOC(=O)OCC1(CC)COC3(CC(C)(C)N(OCCCCCCCCCCC)C(C)(C)C3)OC1)CO2. The summed E-state index contributed by atoms with van der Waals surface area (Å²) in [6.45, 7) is 29.5. The van der Waals surface area contributed by atoms with Gasteiger partial charge in [0.1, 0.15) is 13.2 Å². The molecule has 4 saturated heterocycles. The molecule has 0 amide bonds. The second-order valence-electron chi connectivity index (χ2n) is 24.7. The van der Waals surface area contributed by atoms with E-state index in [2.05, 4.69) is 93.2 Å². The molecule has 4 rings (SSSR count). The minimum absolute atomic E-state index is 0.0281. The first-order valence-electron chi connectivity index (χ1n) is 28.7. The van der Waals surface area contributed by atoms with E-state index in [4.69, 9.17) is 47.6 Å². The molecule has 416 valence electrons. The van der Waals surface area contributed by atoms with E-state index in [1.54, 1.807) is 0 Å². The lowest BCUT2D eigenvalue weighted by Gasteiger charge is -2.59. The summed E-state index contributed by atoms with van der Waals surface area (Å²) in [5, 5.41) is 4.35. The molecule has 0 saturated carbocycles. The number of hydrogen-bond donors (Lipinski definition) is 0. The molecule has 0 aromatic heterocycles. The van der Waals surface area contributed by atoms with E-state index < -0.39 is 34.7 Å². The summed E-state index contributed by atoms with van der Waals surface area (Å²) in [4.78, 5) is 38.4. The standard InChI is InChI=1S/C57H106N2O12/c1-13-17-19-21-23-25-27-29-31-36-70-58-50(5,6)38-56(39-51(58,7)8)66-44-54(15-3,45-67-56)42-64-48(60)62-34-33-35-63-49(61)65-43-55(16-4)46-68-57(69-47-55)40-52(9,10)59(53(11,12)41-57)71-37-32-30-28-26-24-22-20-18-14-2/h13-47H2,1-12H3. The molecule has 14 nitrogen and oxygen atoms in total. The van der Waals surface area contributed by atoms with Crippen LogP contribution in [0.25, 0.3) is 0 Å². The molecule has 71 heavy (non-hydrogen) atoms. The van der Waals surface area contributed by atoms with Crippen molar-refractivity contribution < 1.29 is 57.2 Å². The van der Waals surface area contributed by atoms with Crippen LogP contribution in [0.1, 0.15) is 244 Å². The predicted octanol–water partition coefficient (Wildman–Crippen LogP) is 14.2. The highest BCUT2D eigenvalue weighted by atomic mass is 16.8. The molecule has 0 radical (unpaired) electrons. The average Bonchev–Trinajstić information content (AvgIpc) is 3.30. The highest BCUT2D eigenvalue weighted by Gasteiger charge is 2.59. The molecular weight excluding hydrogens is 905 g/mol. The Labute approximate surface area is 432 Å². The quantitative estimate of drug-likeness (QED) is 0.0467. The van der Waals surface area contributed by atoms with E-state index in [0.29, 0.717) is 84.6 Å². The van der Waals surface area contributed by atoms with Gasteiger partial charge in [0.2, 0.25) is 0 Å². The Hall–Kier alpha value is -1.78. The van der Waals surface area contributed by atoms with Gasteiger partial charge in [-0.3, -0.25) is 9.68 Å². The zero-order chi connectivity index (χ0) is 52.1. The average molecular weight is 1010 g/mol. The lowest BCUT2D eigenvalue weighted by atomic mass is 9.76. The number of unbranched alkanes of at least 4 members (excludes halogenated alkanes) is 16. The van der Waals surface area contributed by atoms with Gasteiger partial charge in [-0.15, -0.1) is 0 Å². The minimum atomic E-state index is -0.778. The van der Waals surface area contributed by atoms with Crippen molar-refractivity contribution in [2.75, 3.05) is 66.1 Å². The van der Waals surface area contributed by atoms with E-state index in [-0.39, 0.29) is 48.6 Å². The Balaban J connectivity index is 1.09. The van der Waals surface area contributed by atoms with Gasteiger partial charge in [0.05, 0.1) is 63.7 Å². The summed E-state index contributed by atoms with van der Waals surface area (Å²) in [5.41, 5.74) is -2.25. The fourth-order valence-electron chi connectivity index (χ4n) is 11.9. The first-order valence-corrected chi connectivity index (χ1v) is 28.7. The Bertz CT molecular complexity index is 1370. The summed E-state index contributed by atoms with van der Waals surface area (Å²) >= 11 is 0. The Kier molecular flexibility index (Phi) is 25.2. The molecule has 0 aromatic carbocycles. The van der Waals surface area contributed by atoms with Crippen LogP contribution in [0.5, 0.6) is 0 Å². The Morgan fingerprint density at radius 1 is 0.380 bits per heavy atom. The molecule has 0 unspecified atom stereocenters. The molecule has 0 atom stereocenters. The first kappa shape index (κ1) is 61.8.